The molecule has 0 bridgehead atoms. The summed E-state index contributed by atoms with van der Waals surface area (Å²) < 4.78 is 7.59. The highest BCUT2D eigenvalue weighted by Gasteiger charge is 2.28. The molecule has 0 saturated heterocycles. The van der Waals surface area contributed by atoms with E-state index >= 15 is 0 Å². The van der Waals surface area contributed by atoms with Crippen LogP contribution in [0.25, 0.3) is 22.2 Å². The van der Waals surface area contributed by atoms with Crippen molar-refractivity contribution in [1.29, 1.82) is 0 Å². The minimum absolute atomic E-state index is 0.00616. The summed E-state index contributed by atoms with van der Waals surface area (Å²) in [5.41, 5.74) is 7.70. The van der Waals surface area contributed by atoms with Crippen LogP contribution < -0.4 is 21.3 Å². The molecular formula is C28H32N8O3. The van der Waals surface area contributed by atoms with Gasteiger partial charge in [-0.2, -0.15) is 10.2 Å². The Morgan fingerprint density at radius 2 is 1.95 bits per heavy atom. The molecule has 4 aromatic rings. The van der Waals surface area contributed by atoms with Crippen molar-refractivity contribution >= 4 is 22.6 Å². The second-order valence-electron chi connectivity index (χ2n) is 9.93. The molecule has 3 aromatic heterocycles. The van der Waals surface area contributed by atoms with E-state index in [9.17, 15) is 9.59 Å². The molecule has 39 heavy (non-hydrogen) atoms. The summed E-state index contributed by atoms with van der Waals surface area (Å²) in [6.45, 7) is 0.710. The van der Waals surface area contributed by atoms with Crippen LogP contribution in [0.5, 0.6) is 11.6 Å². The van der Waals surface area contributed by atoms with Gasteiger partial charge in [0.25, 0.3) is 5.56 Å². The van der Waals surface area contributed by atoms with Gasteiger partial charge in [0.05, 0.1) is 11.4 Å². The molecule has 0 spiro atoms. The Hall–Kier alpha value is -4.51. The minimum Gasteiger partial charge on any atom is -0.439 e. The number of nitrogens with zero attached hydrogens (tertiary/aromatic N) is 5. The van der Waals surface area contributed by atoms with Crippen molar-refractivity contribution in [3.63, 3.8) is 0 Å². The fraction of sp³-hybridized carbons (Fsp3) is 0.321. The molecule has 0 aliphatic heterocycles. The number of ether oxygens (including phenoxy) is 1. The molecule has 1 aliphatic carbocycles. The third kappa shape index (κ3) is 5.99. The number of hydrogen-bond acceptors (Lipinski definition) is 8. The van der Waals surface area contributed by atoms with Gasteiger partial charge in [-0.05, 0) is 70.1 Å². The lowest BCUT2D eigenvalue weighted by Gasteiger charge is -2.29. The number of nitrogens with one attached hydrogen (secondary N) is 2. The quantitative estimate of drug-likeness (QED) is 0.296. The van der Waals surface area contributed by atoms with Crippen molar-refractivity contribution in [1.82, 2.24) is 35.2 Å². The SMILES string of the molecule is CN(C)C/C=C/C(=O)N[C@H]1CC[C@@H](n2nc(-c3ccc(Oc4ccccn4)cc3)c3c(N)n[nH]c(=O)c32)CC1. The van der Waals surface area contributed by atoms with E-state index in [1.54, 1.807) is 23.0 Å². The average Bonchev–Trinajstić information content (AvgIpc) is 3.34. The Balaban J connectivity index is 1.36. The molecule has 1 aliphatic rings. The molecule has 0 unspecified atom stereocenters. The van der Waals surface area contributed by atoms with Gasteiger partial charge in [0, 0.05) is 36.5 Å². The highest BCUT2D eigenvalue weighted by atomic mass is 16.5. The molecule has 1 aromatic carbocycles. The Bertz CT molecular complexity index is 1520. The van der Waals surface area contributed by atoms with Crippen molar-refractivity contribution in [3.05, 3.63) is 71.2 Å². The molecule has 0 atom stereocenters. The number of benzene rings is 1. The summed E-state index contributed by atoms with van der Waals surface area (Å²) in [6.07, 6.45) is 8.20. The fourth-order valence-electron chi connectivity index (χ4n) is 4.87. The maximum Gasteiger partial charge on any atom is 0.290 e. The summed E-state index contributed by atoms with van der Waals surface area (Å²) >= 11 is 0. The van der Waals surface area contributed by atoms with Gasteiger partial charge in [0.1, 0.15) is 17.0 Å². The van der Waals surface area contributed by atoms with Gasteiger partial charge in [-0.25, -0.2) is 10.1 Å². The summed E-state index contributed by atoms with van der Waals surface area (Å²) in [6, 6.07) is 12.9. The number of nitrogens with two attached hydrogens (primary N) is 1. The van der Waals surface area contributed by atoms with Crippen molar-refractivity contribution in [2.24, 2.45) is 0 Å². The number of amides is 1. The number of likely N-dealkylation sites (N-methyl/N-ethyl adjacent to an activating group) is 1. The average molecular weight is 529 g/mol. The number of aromatic amines is 1. The highest BCUT2D eigenvalue weighted by Crippen LogP contribution is 2.36. The van der Waals surface area contributed by atoms with Crippen LogP contribution in [-0.2, 0) is 4.79 Å². The molecule has 11 nitrogen and oxygen atoms in total. The third-order valence-corrected chi connectivity index (χ3v) is 6.78. The monoisotopic (exact) mass is 528 g/mol. The second-order valence-corrected chi connectivity index (χ2v) is 9.93. The van der Waals surface area contributed by atoms with Gasteiger partial charge >= 0.3 is 0 Å². The van der Waals surface area contributed by atoms with Crippen LogP contribution >= 0.6 is 0 Å². The Morgan fingerprint density at radius 3 is 2.64 bits per heavy atom. The normalized spacial score (nSPS) is 17.6. The van der Waals surface area contributed by atoms with Crippen molar-refractivity contribution in [3.8, 4) is 22.9 Å². The smallest absolute Gasteiger partial charge is 0.290 e. The van der Waals surface area contributed by atoms with E-state index in [0.29, 0.717) is 34.8 Å². The molecule has 4 N–H and O–H groups in total. The predicted molar refractivity (Wildman–Crippen MR) is 149 cm³/mol. The van der Waals surface area contributed by atoms with Crippen LogP contribution in [0.1, 0.15) is 31.7 Å². The second kappa shape index (κ2) is 11.5. The number of H-pyrrole nitrogens is 1. The number of nitrogen functional groups attached to an aromatic ring is 1. The van der Waals surface area contributed by atoms with E-state index in [1.807, 2.05) is 61.5 Å². The number of carbonyl (C=O) groups excluding carboxylic acids is 1. The van der Waals surface area contributed by atoms with Crippen molar-refractivity contribution < 1.29 is 9.53 Å². The molecule has 0 radical (unpaired) electrons. The largest absolute Gasteiger partial charge is 0.439 e. The van der Waals surface area contributed by atoms with Gasteiger partial charge in [-0.15, -0.1) is 0 Å². The van der Waals surface area contributed by atoms with Gasteiger partial charge in [-0.1, -0.05) is 12.1 Å². The first-order valence-electron chi connectivity index (χ1n) is 13.0. The summed E-state index contributed by atoms with van der Waals surface area (Å²) in [5, 5.41) is 15.0. The Kier molecular flexibility index (Phi) is 7.69. The first kappa shape index (κ1) is 26.1. The van der Waals surface area contributed by atoms with E-state index in [-0.39, 0.29) is 29.4 Å². The van der Waals surface area contributed by atoms with Crippen molar-refractivity contribution in [2.45, 2.75) is 37.8 Å². The third-order valence-electron chi connectivity index (χ3n) is 6.78. The van der Waals surface area contributed by atoms with Gasteiger partial charge in [0.2, 0.25) is 11.8 Å². The summed E-state index contributed by atoms with van der Waals surface area (Å²) in [7, 11) is 3.91. The molecule has 11 heteroatoms. The molecule has 1 saturated carbocycles. The number of anilines is 1. The molecule has 1 amide bonds. The van der Waals surface area contributed by atoms with Crippen LogP contribution in [0.4, 0.5) is 5.82 Å². The van der Waals surface area contributed by atoms with E-state index in [1.165, 1.54) is 0 Å². The molecule has 3 heterocycles. The van der Waals surface area contributed by atoms with Gasteiger partial charge in [0.15, 0.2) is 5.82 Å². The Labute approximate surface area is 225 Å². The number of pyridine rings is 1. The number of fused-ring (bicyclic) bond motifs is 1. The van der Waals surface area contributed by atoms with E-state index < -0.39 is 0 Å². The van der Waals surface area contributed by atoms with E-state index in [4.69, 9.17) is 15.6 Å². The van der Waals surface area contributed by atoms with Crippen LogP contribution in [0.15, 0.2) is 65.6 Å². The Morgan fingerprint density at radius 1 is 1.18 bits per heavy atom. The van der Waals surface area contributed by atoms with Crippen LogP contribution in [0, 0.1) is 0 Å². The minimum atomic E-state index is -0.338. The predicted octanol–water partition coefficient (Wildman–Crippen LogP) is 3.27. The van der Waals surface area contributed by atoms with Crippen LogP contribution in [-0.4, -0.2) is 62.5 Å². The van der Waals surface area contributed by atoms with E-state index in [2.05, 4.69) is 20.5 Å². The highest BCUT2D eigenvalue weighted by molar-refractivity contribution is 5.99. The molecule has 202 valence electrons. The van der Waals surface area contributed by atoms with Gasteiger partial charge < -0.3 is 20.7 Å². The zero-order chi connectivity index (χ0) is 27.4. The van der Waals surface area contributed by atoms with Crippen molar-refractivity contribution in [2.75, 3.05) is 26.4 Å². The van der Waals surface area contributed by atoms with Crippen LogP contribution in [0.3, 0.4) is 0 Å². The summed E-state index contributed by atoms with van der Waals surface area (Å²) in [4.78, 5) is 31.4. The standard InChI is InChI=1S/C28H32N8O3/c1-35(2)17-5-6-22(37)31-19-10-12-20(13-11-19)36-26-24(27(29)32-33-28(26)38)25(34-36)18-8-14-21(15-9-18)39-23-7-3-4-16-30-23/h3-9,14-16,19-20H,10-13,17H2,1-2H3,(H2,29,32)(H,31,37)(H,33,38)/b6-5+/t19-,20+. The number of carbonyl (C=O) groups is 1. The molecule has 5 rings (SSSR count). The first-order chi connectivity index (χ1) is 18.9. The maximum atomic E-state index is 12.9. The lowest BCUT2D eigenvalue weighted by atomic mass is 9.91. The first-order valence-corrected chi connectivity index (χ1v) is 13.0. The number of rotatable bonds is 8. The lowest BCUT2D eigenvalue weighted by Crippen LogP contribution is -2.37. The van der Waals surface area contributed by atoms with Crippen LogP contribution in [0.2, 0.25) is 0 Å². The van der Waals surface area contributed by atoms with E-state index in [0.717, 1.165) is 31.2 Å². The lowest BCUT2D eigenvalue weighted by molar-refractivity contribution is -0.117. The maximum absolute atomic E-state index is 12.9. The summed E-state index contributed by atoms with van der Waals surface area (Å²) in [5.74, 6) is 1.25. The zero-order valence-corrected chi connectivity index (χ0v) is 22.0. The fourth-order valence-corrected chi connectivity index (χ4v) is 4.87. The topological polar surface area (TPSA) is 144 Å². The molecular weight excluding hydrogens is 496 g/mol. The number of hydrogen-bond donors (Lipinski definition) is 3. The number of aromatic nitrogens is 5. The zero-order valence-electron chi connectivity index (χ0n) is 22.0. The molecule has 1 fully saturated rings. The van der Waals surface area contributed by atoms with Gasteiger partial charge in [-0.3, -0.25) is 14.3 Å².